The molecule has 19 heavy (non-hydrogen) atoms. The van der Waals surface area contributed by atoms with Crippen molar-refractivity contribution in [2.75, 3.05) is 32.8 Å². The van der Waals surface area contributed by atoms with E-state index in [2.05, 4.69) is 14.9 Å². The molecule has 0 N–H and O–H groups in total. The highest BCUT2D eigenvalue weighted by Gasteiger charge is 2.22. The second kappa shape index (κ2) is 5.52. The lowest BCUT2D eigenvalue weighted by Gasteiger charge is -2.27. The van der Waals surface area contributed by atoms with Gasteiger partial charge >= 0.3 is 6.09 Å². The lowest BCUT2D eigenvalue weighted by atomic mass is 10.1. The molecule has 1 amide bonds. The van der Waals surface area contributed by atoms with Crippen molar-refractivity contribution in [3.63, 3.8) is 0 Å². The third-order valence-corrected chi connectivity index (χ3v) is 3.70. The van der Waals surface area contributed by atoms with E-state index in [0.29, 0.717) is 6.61 Å². The number of aromatic nitrogens is 2. The summed E-state index contributed by atoms with van der Waals surface area (Å²) in [6.45, 7) is 4.98. The maximum Gasteiger partial charge on any atom is 0.409 e. The van der Waals surface area contributed by atoms with E-state index in [1.807, 2.05) is 6.20 Å². The Kier molecular flexibility index (Phi) is 3.59. The van der Waals surface area contributed by atoms with Crippen LogP contribution in [0.2, 0.25) is 0 Å². The van der Waals surface area contributed by atoms with Gasteiger partial charge in [-0.15, -0.1) is 0 Å². The van der Waals surface area contributed by atoms with E-state index >= 15 is 0 Å². The van der Waals surface area contributed by atoms with Gasteiger partial charge in [0, 0.05) is 32.4 Å². The average Bonchev–Trinajstić information content (AvgIpc) is 2.84. The molecule has 102 valence electrons. The number of amides is 1. The van der Waals surface area contributed by atoms with E-state index in [9.17, 15) is 4.79 Å². The first-order valence-corrected chi connectivity index (χ1v) is 6.75. The fourth-order valence-electron chi connectivity index (χ4n) is 2.61. The SMILES string of the molecule is O=C1OCCN1CCCN1CCc2cncnc2C1. The minimum Gasteiger partial charge on any atom is -0.448 e. The van der Waals surface area contributed by atoms with Crippen molar-refractivity contribution in [2.45, 2.75) is 19.4 Å². The molecule has 0 saturated carbocycles. The van der Waals surface area contributed by atoms with Gasteiger partial charge in [0.2, 0.25) is 0 Å². The minimum absolute atomic E-state index is 0.170. The quantitative estimate of drug-likeness (QED) is 0.798. The van der Waals surface area contributed by atoms with Crippen LogP contribution in [0.1, 0.15) is 17.7 Å². The van der Waals surface area contributed by atoms with Crippen LogP contribution in [-0.4, -0.2) is 58.6 Å². The zero-order chi connectivity index (χ0) is 13.1. The molecule has 0 radical (unpaired) electrons. The Hall–Kier alpha value is -1.69. The van der Waals surface area contributed by atoms with Crippen LogP contribution in [0, 0.1) is 0 Å². The first kappa shape index (κ1) is 12.3. The largest absolute Gasteiger partial charge is 0.448 e. The number of cyclic esters (lactones) is 1. The van der Waals surface area contributed by atoms with Gasteiger partial charge in [-0.3, -0.25) is 4.90 Å². The Morgan fingerprint density at radius 1 is 1.32 bits per heavy atom. The van der Waals surface area contributed by atoms with Crippen LogP contribution < -0.4 is 0 Å². The molecule has 1 saturated heterocycles. The summed E-state index contributed by atoms with van der Waals surface area (Å²) in [7, 11) is 0. The van der Waals surface area contributed by atoms with E-state index in [-0.39, 0.29) is 6.09 Å². The summed E-state index contributed by atoms with van der Waals surface area (Å²) in [6.07, 6.45) is 5.36. The Labute approximate surface area is 112 Å². The third-order valence-electron chi connectivity index (χ3n) is 3.70. The molecule has 1 aromatic rings. The monoisotopic (exact) mass is 262 g/mol. The topological polar surface area (TPSA) is 58.6 Å². The Morgan fingerprint density at radius 3 is 3.11 bits per heavy atom. The van der Waals surface area contributed by atoms with Crippen LogP contribution in [0.15, 0.2) is 12.5 Å². The van der Waals surface area contributed by atoms with Gasteiger partial charge in [-0.25, -0.2) is 14.8 Å². The van der Waals surface area contributed by atoms with Crippen molar-refractivity contribution >= 4 is 6.09 Å². The number of fused-ring (bicyclic) bond motifs is 1. The van der Waals surface area contributed by atoms with Crippen LogP contribution in [-0.2, 0) is 17.7 Å². The molecule has 3 heterocycles. The van der Waals surface area contributed by atoms with Gasteiger partial charge in [-0.1, -0.05) is 0 Å². The predicted octanol–water partition coefficient (Wildman–Crippen LogP) is 0.677. The summed E-state index contributed by atoms with van der Waals surface area (Å²) in [5.41, 5.74) is 2.41. The highest BCUT2D eigenvalue weighted by molar-refractivity contribution is 5.69. The highest BCUT2D eigenvalue weighted by atomic mass is 16.6. The Morgan fingerprint density at radius 2 is 2.26 bits per heavy atom. The van der Waals surface area contributed by atoms with Crippen LogP contribution in [0.5, 0.6) is 0 Å². The molecule has 2 aliphatic heterocycles. The van der Waals surface area contributed by atoms with E-state index in [0.717, 1.165) is 51.3 Å². The summed E-state index contributed by atoms with van der Waals surface area (Å²) in [5, 5.41) is 0. The molecule has 1 aromatic heterocycles. The standard InChI is InChI=1S/C13H18N4O2/c18-13-17(6-7-19-13)4-1-3-16-5-2-11-8-14-10-15-12(11)9-16/h8,10H,1-7,9H2. The van der Waals surface area contributed by atoms with Crippen LogP contribution >= 0.6 is 0 Å². The molecule has 6 heteroatoms. The van der Waals surface area contributed by atoms with Crippen molar-refractivity contribution < 1.29 is 9.53 Å². The van der Waals surface area contributed by atoms with E-state index in [4.69, 9.17) is 4.74 Å². The van der Waals surface area contributed by atoms with Gasteiger partial charge in [0.05, 0.1) is 12.2 Å². The minimum atomic E-state index is -0.170. The molecular weight excluding hydrogens is 244 g/mol. The van der Waals surface area contributed by atoms with Gasteiger partial charge in [-0.05, 0) is 18.4 Å². The second-order valence-electron chi connectivity index (χ2n) is 4.98. The lowest BCUT2D eigenvalue weighted by Crippen LogP contribution is -2.34. The van der Waals surface area contributed by atoms with Crippen LogP contribution in [0.4, 0.5) is 4.79 Å². The van der Waals surface area contributed by atoms with E-state index in [1.165, 1.54) is 5.56 Å². The predicted molar refractivity (Wildman–Crippen MR) is 68.6 cm³/mol. The smallest absolute Gasteiger partial charge is 0.409 e. The number of rotatable bonds is 4. The van der Waals surface area contributed by atoms with Crippen LogP contribution in [0.25, 0.3) is 0 Å². The van der Waals surface area contributed by atoms with Crippen molar-refractivity contribution in [1.82, 2.24) is 19.8 Å². The van der Waals surface area contributed by atoms with Gasteiger partial charge in [0.15, 0.2) is 0 Å². The summed E-state index contributed by atoms with van der Waals surface area (Å²) >= 11 is 0. The molecule has 0 spiro atoms. The number of carbonyl (C=O) groups excluding carboxylic acids is 1. The molecule has 1 fully saturated rings. The maximum atomic E-state index is 11.3. The summed E-state index contributed by atoms with van der Waals surface area (Å²) in [5.74, 6) is 0. The van der Waals surface area contributed by atoms with Gasteiger partial charge < -0.3 is 9.64 Å². The second-order valence-corrected chi connectivity index (χ2v) is 4.98. The van der Waals surface area contributed by atoms with E-state index < -0.39 is 0 Å². The first-order chi connectivity index (χ1) is 9.33. The van der Waals surface area contributed by atoms with Gasteiger partial charge in [0.25, 0.3) is 0 Å². The maximum absolute atomic E-state index is 11.3. The highest BCUT2D eigenvalue weighted by Crippen LogP contribution is 2.15. The number of carbonyl (C=O) groups is 1. The molecule has 0 bridgehead atoms. The molecular formula is C13H18N4O2. The summed E-state index contributed by atoms with van der Waals surface area (Å²) < 4.78 is 4.91. The fourth-order valence-corrected chi connectivity index (χ4v) is 2.61. The molecule has 6 nitrogen and oxygen atoms in total. The number of hydrogen-bond acceptors (Lipinski definition) is 5. The summed E-state index contributed by atoms with van der Waals surface area (Å²) in [4.78, 5) is 23.8. The van der Waals surface area contributed by atoms with Gasteiger partial charge in [-0.2, -0.15) is 0 Å². The van der Waals surface area contributed by atoms with Crippen molar-refractivity contribution in [3.05, 3.63) is 23.8 Å². The molecule has 0 aliphatic carbocycles. The van der Waals surface area contributed by atoms with E-state index in [1.54, 1.807) is 11.2 Å². The Bertz CT molecular complexity index is 466. The number of nitrogens with zero attached hydrogens (tertiary/aromatic N) is 4. The molecule has 0 unspecified atom stereocenters. The van der Waals surface area contributed by atoms with Crippen molar-refractivity contribution in [2.24, 2.45) is 0 Å². The van der Waals surface area contributed by atoms with Gasteiger partial charge in [0.1, 0.15) is 12.9 Å². The average molecular weight is 262 g/mol. The van der Waals surface area contributed by atoms with Crippen molar-refractivity contribution in [1.29, 1.82) is 0 Å². The zero-order valence-electron chi connectivity index (χ0n) is 10.9. The normalized spacial score (nSPS) is 19.4. The molecule has 0 atom stereocenters. The zero-order valence-corrected chi connectivity index (χ0v) is 10.9. The molecule has 3 rings (SSSR count). The fraction of sp³-hybridized carbons (Fsp3) is 0.615. The Balaban J connectivity index is 1.46. The van der Waals surface area contributed by atoms with Crippen molar-refractivity contribution in [3.8, 4) is 0 Å². The number of hydrogen-bond donors (Lipinski definition) is 0. The number of ether oxygens (including phenoxy) is 1. The van der Waals surface area contributed by atoms with Crippen LogP contribution in [0.3, 0.4) is 0 Å². The summed E-state index contributed by atoms with van der Waals surface area (Å²) in [6, 6.07) is 0. The lowest BCUT2D eigenvalue weighted by molar-refractivity contribution is 0.156. The third kappa shape index (κ3) is 2.84. The molecule has 0 aromatic carbocycles. The first-order valence-electron chi connectivity index (χ1n) is 6.75. The molecule has 2 aliphatic rings.